The van der Waals surface area contributed by atoms with Gasteiger partial charge in [-0.3, -0.25) is 0 Å². The van der Waals surface area contributed by atoms with Crippen LogP contribution in [0.5, 0.6) is 0 Å². The van der Waals surface area contributed by atoms with Crippen molar-refractivity contribution in [1.82, 2.24) is 10.6 Å². The third-order valence-electron chi connectivity index (χ3n) is 2.55. The summed E-state index contributed by atoms with van der Waals surface area (Å²) in [6.07, 6.45) is -0.424. The molecule has 1 amide bonds. The van der Waals surface area contributed by atoms with Crippen LogP contribution in [0.3, 0.4) is 0 Å². The van der Waals surface area contributed by atoms with E-state index in [1.807, 2.05) is 34.6 Å². The normalized spacial score (nSPS) is 16.0. The van der Waals surface area contributed by atoms with Crippen molar-refractivity contribution < 1.29 is 14.6 Å². The summed E-state index contributed by atoms with van der Waals surface area (Å²) in [6.45, 7) is 13.3. The van der Waals surface area contributed by atoms with Crippen LogP contribution >= 0.6 is 0 Å². The van der Waals surface area contributed by atoms with Crippen molar-refractivity contribution in [1.29, 1.82) is 0 Å². The smallest absolute Gasteiger partial charge is 0.407 e. The first-order chi connectivity index (χ1) is 7.92. The Balaban J connectivity index is 3.98. The number of nitrogens with one attached hydrogen (secondary N) is 2. The Morgan fingerprint density at radius 2 is 1.72 bits per heavy atom. The zero-order chi connectivity index (χ0) is 14.6. The Kier molecular flexibility index (Phi) is 6.10. The minimum Gasteiger partial charge on any atom is -0.444 e. The minimum absolute atomic E-state index is 0.0546. The van der Waals surface area contributed by atoms with E-state index in [0.29, 0.717) is 6.54 Å². The van der Waals surface area contributed by atoms with Crippen LogP contribution in [-0.2, 0) is 4.74 Å². The number of hydrogen-bond acceptors (Lipinski definition) is 4. The summed E-state index contributed by atoms with van der Waals surface area (Å²) >= 11 is 0. The van der Waals surface area contributed by atoms with Gasteiger partial charge in [0.1, 0.15) is 5.60 Å². The van der Waals surface area contributed by atoms with Crippen LogP contribution < -0.4 is 10.6 Å². The first-order valence-electron chi connectivity index (χ1n) is 6.37. The molecule has 0 aliphatic carbocycles. The van der Waals surface area contributed by atoms with E-state index < -0.39 is 17.3 Å². The maximum absolute atomic E-state index is 11.4. The van der Waals surface area contributed by atoms with Gasteiger partial charge < -0.3 is 20.5 Å². The molecule has 0 rings (SSSR count). The van der Waals surface area contributed by atoms with Crippen LogP contribution in [0.25, 0.3) is 0 Å². The van der Waals surface area contributed by atoms with Gasteiger partial charge in [0.15, 0.2) is 0 Å². The highest BCUT2D eigenvalue weighted by Gasteiger charge is 2.23. The summed E-state index contributed by atoms with van der Waals surface area (Å²) in [5.41, 5.74) is -1.28. The SMILES string of the molecule is CC(CNC(=O)OC(C)(C)C)NC(C)C(C)(C)O. The van der Waals surface area contributed by atoms with Crippen LogP contribution in [-0.4, -0.2) is 41.0 Å². The maximum Gasteiger partial charge on any atom is 0.407 e. The lowest BCUT2D eigenvalue weighted by atomic mass is 10.0. The summed E-state index contributed by atoms with van der Waals surface area (Å²) in [7, 11) is 0. The second kappa shape index (κ2) is 6.38. The van der Waals surface area contributed by atoms with E-state index in [9.17, 15) is 9.90 Å². The quantitative estimate of drug-likeness (QED) is 0.703. The highest BCUT2D eigenvalue weighted by atomic mass is 16.6. The molecule has 3 N–H and O–H groups in total. The van der Waals surface area contributed by atoms with Crippen molar-refractivity contribution >= 4 is 6.09 Å². The molecule has 0 heterocycles. The molecule has 2 atom stereocenters. The number of alkyl carbamates (subject to hydrolysis) is 1. The number of ether oxygens (including phenoxy) is 1. The molecule has 108 valence electrons. The van der Waals surface area contributed by atoms with Crippen molar-refractivity contribution in [3.63, 3.8) is 0 Å². The number of aliphatic hydroxyl groups is 1. The van der Waals surface area contributed by atoms with Gasteiger partial charge in [0.25, 0.3) is 0 Å². The Labute approximate surface area is 110 Å². The van der Waals surface area contributed by atoms with Gasteiger partial charge in [-0.2, -0.15) is 0 Å². The molecule has 0 aromatic carbocycles. The summed E-state index contributed by atoms with van der Waals surface area (Å²) in [6, 6.07) is -0.00752. The number of carbonyl (C=O) groups excluding carboxylic acids is 1. The van der Waals surface area contributed by atoms with Crippen molar-refractivity contribution in [2.45, 2.75) is 71.8 Å². The molecule has 0 bridgehead atoms. The monoisotopic (exact) mass is 260 g/mol. The van der Waals surface area contributed by atoms with Crippen molar-refractivity contribution in [2.75, 3.05) is 6.54 Å². The van der Waals surface area contributed by atoms with E-state index in [2.05, 4.69) is 10.6 Å². The lowest BCUT2D eigenvalue weighted by Crippen LogP contribution is -2.51. The van der Waals surface area contributed by atoms with Gasteiger partial charge in [-0.1, -0.05) is 0 Å². The number of carbonyl (C=O) groups is 1. The molecular weight excluding hydrogens is 232 g/mol. The van der Waals surface area contributed by atoms with E-state index in [-0.39, 0.29) is 12.1 Å². The summed E-state index contributed by atoms with van der Waals surface area (Å²) in [5.74, 6) is 0. The maximum atomic E-state index is 11.4. The van der Waals surface area contributed by atoms with Crippen LogP contribution in [0.15, 0.2) is 0 Å². The average Bonchev–Trinajstić information content (AvgIpc) is 2.10. The topological polar surface area (TPSA) is 70.6 Å². The molecule has 0 aliphatic heterocycles. The van der Waals surface area contributed by atoms with Gasteiger partial charge in [0.05, 0.1) is 5.60 Å². The van der Waals surface area contributed by atoms with Crippen LogP contribution in [0.1, 0.15) is 48.5 Å². The van der Waals surface area contributed by atoms with Crippen molar-refractivity contribution in [2.24, 2.45) is 0 Å². The molecule has 0 saturated heterocycles. The molecule has 0 radical (unpaired) electrons. The highest BCUT2D eigenvalue weighted by molar-refractivity contribution is 5.67. The minimum atomic E-state index is -0.791. The van der Waals surface area contributed by atoms with Gasteiger partial charge in [0, 0.05) is 18.6 Å². The Morgan fingerprint density at radius 1 is 1.22 bits per heavy atom. The molecule has 5 nitrogen and oxygen atoms in total. The molecule has 0 saturated carbocycles. The fourth-order valence-corrected chi connectivity index (χ4v) is 1.24. The Hall–Kier alpha value is -0.810. The molecule has 0 aromatic rings. The number of rotatable bonds is 5. The zero-order valence-electron chi connectivity index (χ0n) is 12.6. The van der Waals surface area contributed by atoms with Crippen LogP contribution in [0.2, 0.25) is 0 Å². The molecule has 0 spiro atoms. The fraction of sp³-hybridized carbons (Fsp3) is 0.923. The zero-order valence-corrected chi connectivity index (χ0v) is 12.6. The van der Waals surface area contributed by atoms with E-state index >= 15 is 0 Å². The van der Waals surface area contributed by atoms with Crippen LogP contribution in [0.4, 0.5) is 4.79 Å². The number of amides is 1. The Morgan fingerprint density at radius 3 is 2.11 bits per heavy atom. The fourth-order valence-electron chi connectivity index (χ4n) is 1.24. The summed E-state index contributed by atoms with van der Waals surface area (Å²) in [5, 5.41) is 15.7. The molecule has 0 aromatic heterocycles. The van der Waals surface area contributed by atoms with Gasteiger partial charge in [0.2, 0.25) is 0 Å². The van der Waals surface area contributed by atoms with Crippen molar-refractivity contribution in [3.05, 3.63) is 0 Å². The summed E-state index contributed by atoms with van der Waals surface area (Å²) in [4.78, 5) is 11.4. The third kappa shape index (κ3) is 8.31. The third-order valence-corrected chi connectivity index (χ3v) is 2.55. The second-order valence-electron chi connectivity index (χ2n) is 6.33. The van der Waals surface area contributed by atoms with E-state index in [4.69, 9.17) is 4.74 Å². The predicted molar refractivity (Wildman–Crippen MR) is 72.6 cm³/mol. The lowest BCUT2D eigenvalue weighted by molar-refractivity contribution is 0.0393. The molecule has 0 aliphatic rings. The van der Waals surface area contributed by atoms with Crippen LogP contribution in [0, 0.1) is 0 Å². The van der Waals surface area contributed by atoms with Gasteiger partial charge in [-0.05, 0) is 48.5 Å². The summed E-state index contributed by atoms with van der Waals surface area (Å²) < 4.78 is 5.13. The van der Waals surface area contributed by atoms with Gasteiger partial charge in [-0.15, -0.1) is 0 Å². The van der Waals surface area contributed by atoms with E-state index in [0.717, 1.165) is 0 Å². The molecule has 2 unspecified atom stereocenters. The van der Waals surface area contributed by atoms with Crippen molar-refractivity contribution in [3.8, 4) is 0 Å². The molecule has 18 heavy (non-hydrogen) atoms. The van der Waals surface area contributed by atoms with E-state index in [1.165, 1.54) is 0 Å². The lowest BCUT2D eigenvalue weighted by Gasteiger charge is -2.30. The second-order valence-corrected chi connectivity index (χ2v) is 6.33. The largest absolute Gasteiger partial charge is 0.444 e. The molecule has 0 fully saturated rings. The molecular formula is C13H28N2O3. The highest BCUT2D eigenvalue weighted by Crippen LogP contribution is 2.08. The number of hydrogen-bond donors (Lipinski definition) is 3. The van der Waals surface area contributed by atoms with Gasteiger partial charge >= 0.3 is 6.09 Å². The molecule has 5 heteroatoms. The first-order valence-corrected chi connectivity index (χ1v) is 6.37. The first kappa shape index (κ1) is 17.2. The predicted octanol–water partition coefficient (Wildman–Crippen LogP) is 1.65. The van der Waals surface area contributed by atoms with E-state index in [1.54, 1.807) is 13.8 Å². The average molecular weight is 260 g/mol. The Bertz CT molecular complexity index is 266. The van der Waals surface area contributed by atoms with Gasteiger partial charge in [-0.25, -0.2) is 4.79 Å². The standard InChI is InChI=1S/C13H28N2O3/c1-9(15-10(2)13(6,7)17)8-14-11(16)18-12(3,4)5/h9-10,15,17H,8H2,1-7H3,(H,14,16).